The van der Waals surface area contributed by atoms with Crippen LogP contribution in [-0.2, 0) is 6.42 Å². The Kier molecular flexibility index (Phi) is 4.66. The second-order valence-corrected chi connectivity index (χ2v) is 4.38. The molecule has 0 aliphatic heterocycles. The Hall–Kier alpha value is -1.18. The number of ether oxygens (including phenoxy) is 1. The maximum Gasteiger partial charge on any atom is 0.124 e. The summed E-state index contributed by atoms with van der Waals surface area (Å²) in [6.45, 7) is 6.42. The molecule has 0 spiro atoms. The summed E-state index contributed by atoms with van der Waals surface area (Å²) >= 11 is 0. The second kappa shape index (κ2) is 5.78. The van der Waals surface area contributed by atoms with Crippen molar-refractivity contribution < 1.29 is 4.74 Å². The van der Waals surface area contributed by atoms with Gasteiger partial charge in [-0.3, -0.25) is 0 Å². The number of benzene rings is 1. The molecule has 16 heavy (non-hydrogen) atoms. The van der Waals surface area contributed by atoms with Crippen molar-refractivity contribution in [2.24, 2.45) is 0 Å². The summed E-state index contributed by atoms with van der Waals surface area (Å²) in [5.74, 6) is 1.03. The molecule has 0 saturated heterocycles. The van der Waals surface area contributed by atoms with Crippen molar-refractivity contribution in [1.29, 1.82) is 0 Å². The smallest absolute Gasteiger partial charge is 0.124 e. The van der Waals surface area contributed by atoms with Gasteiger partial charge >= 0.3 is 0 Å². The van der Waals surface area contributed by atoms with Gasteiger partial charge in [-0.1, -0.05) is 19.9 Å². The summed E-state index contributed by atoms with van der Waals surface area (Å²) in [4.78, 5) is 2.10. The van der Waals surface area contributed by atoms with Crippen molar-refractivity contribution in [2.45, 2.75) is 39.7 Å². The lowest BCUT2D eigenvalue weighted by Crippen LogP contribution is -2.13. The standard InChI is InChI=1S/C14H23NO/c1-6-11(3)16-14-10-13(15(4)5)9-8-12(14)7-2/h8-11H,6-7H2,1-5H3. The first-order chi connectivity index (χ1) is 7.58. The zero-order valence-electron chi connectivity index (χ0n) is 11.1. The Bertz CT molecular complexity index is 334. The van der Waals surface area contributed by atoms with Crippen molar-refractivity contribution in [3.05, 3.63) is 23.8 Å². The van der Waals surface area contributed by atoms with E-state index in [0.717, 1.165) is 18.6 Å². The molecule has 1 aromatic rings. The number of nitrogens with zero attached hydrogens (tertiary/aromatic N) is 1. The SMILES string of the molecule is CCc1ccc(N(C)C)cc1OC(C)CC. The zero-order valence-corrected chi connectivity index (χ0v) is 11.1. The van der Waals surface area contributed by atoms with Crippen LogP contribution in [0, 0.1) is 0 Å². The van der Waals surface area contributed by atoms with Crippen LogP contribution < -0.4 is 9.64 Å². The highest BCUT2D eigenvalue weighted by Gasteiger charge is 2.08. The third-order valence-electron chi connectivity index (χ3n) is 2.85. The lowest BCUT2D eigenvalue weighted by Gasteiger charge is -2.19. The van der Waals surface area contributed by atoms with Gasteiger partial charge in [0.15, 0.2) is 0 Å². The lowest BCUT2D eigenvalue weighted by molar-refractivity contribution is 0.215. The van der Waals surface area contributed by atoms with Gasteiger partial charge in [0.1, 0.15) is 5.75 Å². The summed E-state index contributed by atoms with van der Waals surface area (Å²) in [5.41, 5.74) is 2.47. The fraction of sp³-hybridized carbons (Fsp3) is 0.571. The van der Waals surface area contributed by atoms with Gasteiger partial charge < -0.3 is 9.64 Å². The molecule has 0 aromatic heterocycles. The Morgan fingerprint density at radius 2 is 1.94 bits per heavy atom. The molecule has 0 bridgehead atoms. The van der Waals surface area contributed by atoms with E-state index in [0.29, 0.717) is 0 Å². The fourth-order valence-corrected chi connectivity index (χ4v) is 1.52. The highest BCUT2D eigenvalue weighted by molar-refractivity contribution is 5.53. The molecule has 0 amide bonds. The van der Waals surface area contributed by atoms with Crippen LogP contribution in [0.5, 0.6) is 5.75 Å². The molecule has 0 fully saturated rings. The van der Waals surface area contributed by atoms with Crippen molar-refractivity contribution in [3.63, 3.8) is 0 Å². The normalized spacial score (nSPS) is 12.3. The minimum Gasteiger partial charge on any atom is -0.490 e. The quantitative estimate of drug-likeness (QED) is 0.754. The first kappa shape index (κ1) is 12.9. The van der Waals surface area contributed by atoms with E-state index in [9.17, 15) is 0 Å². The first-order valence-corrected chi connectivity index (χ1v) is 6.05. The average molecular weight is 221 g/mol. The van der Waals surface area contributed by atoms with Crippen LogP contribution in [0.4, 0.5) is 5.69 Å². The van der Waals surface area contributed by atoms with E-state index in [-0.39, 0.29) is 6.10 Å². The third-order valence-corrected chi connectivity index (χ3v) is 2.85. The van der Waals surface area contributed by atoms with Crippen LogP contribution in [0.1, 0.15) is 32.8 Å². The topological polar surface area (TPSA) is 12.5 Å². The fourth-order valence-electron chi connectivity index (χ4n) is 1.52. The first-order valence-electron chi connectivity index (χ1n) is 6.05. The van der Waals surface area contributed by atoms with E-state index in [1.54, 1.807) is 0 Å². The monoisotopic (exact) mass is 221 g/mol. The summed E-state index contributed by atoms with van der Waals surface area (Å²) in [6.07, 6.45) is 2.33. The number of anilines is 1. The van der Waals surface area contributed by atoms with Crippen LogP contribution in [0.15, 0.2) is 18.2 Å². The summed E-state index contributed by atoms with van der Waals surface area (Å²) in [7, 11) is 4.10. The van der Waals surface area contributed by atoms with Gasteiger partial charge in [0, 0.05) is 25.8 Å². The molecule has 1 atom stereocenters. The molecule has 2 nitrogen and oxygen atoms in total. The molecule has 0 saturated carbocycles. The van der Waals surface area contributed by atoms with Gasteiger partial charge in [-0.05, 0) is 31.4 Å². The molecule has 0 aliphatic rings. The second-order valence-electron chi connectivity index (χ2n) is 4.38. The molecule has 1 aromatic carbocycles. The van der Waals surface area contributed by atoms with Crippen molar-refractivity contribution in [3.8, 4) is 5.75 Å². The summed E-state index contributed by atoms with van der Waals surface area (Å²) in [6, 6.07) is 6.43. The van der Waals surface area contributed by atoms with Crippen molar-refractivity contribution >= 4 is 5.69 Å². The van der Waals surface area contributed by atoms with Gasteiger partial charge in [0.25, 0.3) is 0 Å². The highest BCUT2D eigenvalue weighted by Crippen LogP contribution is 2.26. The predicted molar refractivity (Wildman–Crippen MR) is 70.5 cm³/mol. The molecule has 0 aliphatic carbocycles. The molecule has 1 unspecified atom stereocenters. The number of aryl methyl sites for hydroxylation is 1. The van der Waals surface area contributed by atoms with E-state index in [4.69, 9.17) is 4.74 Å². The van der Waals surface area contributed by atoms with E-state index in [1.807, 2.05) is 14.1 Å². The molecule has 1 rings (SSSR count). The molecule has 0 radical (unpaired) electrons. The van der Waals surface area contributed by atoms with Gasteiger partial charge in [-0.25, -0.2) is 0 Å². The van der Waals surface area contributed by atoms with Crippen LogP contribution in [0.2, 0.25) is 0 Å². The number of rotatable bonds is 5. The molecule has 90 valence electrons. The molecular formula is C14H23NO. The average Bonchev–Trinajstić information content (AvgIpc) is 2.28. The third kappa shape index (κ3) is 3.16. The Labute approximate surface area is 99.2 Å². The highest BCUT2D eigenvalue weighted by atomic mass is 16.5. The largest absolute Gasteiger partial charge is 0.490 e. The molecule has 0 N–H and O–H groups in total. The van der Waals surface area contributed by atoms with Crippen molar-refractivity contribution in [2.75, 3.05) is 19.0 Å². The minimum atomic E-state index is 0.280. The van der Waals surface area contributed by atoms with Crippen LogP contribution in [0.3, 0.4) is 0 Å². The number of hydrogen-bond donors (Lipinski definition) is 0. The Morgan fingerprint density at radius 1 is 1.25 bits per heavy atom. The van der Waals surface area contributed by atoms with E-state index in [1.165, 1.54) is 11.3 Å². The zero-order chi connectivity index (χ0) is 12.1. The molecule has 2 heteroatoms. The Morgan fingerprint density at radius 3 is 2.44 bits per heavy atom. The van der Waals surface area contributed by atoms with Gasteiger partial charge in [-0.2, -0.15) is 0 Å². The lowest BCUT2D eigenvalue weighted by atomic mass is 10.1. The predicted octanol–water partition coefficient (Wildman–Crippen LogP) is 3.49. The van der Waals surface area contributed by atoms with Crippen LogP contribution in [0.25, 0.3) is 0 Å². The molecule has 0 heterocycles. The number of hydrogen-bond acceptors (Lipinski definition) is 2. The van der Waals surface area contributed by atoms with E-state index < -0.39 is 0 Å². The summed E-state index contributed by atoms with van der Waals surface area (Å²) < 4.78 is 5.95. The minimum absolute atomic E-state index is 0.280. The van der Waals surface area contributed by atoms with E-state index in [2.05, 4.69) is 43.9 Å². The van der Waals surface area contributed by atoms with Crippen LogP contribution in [-0.4, -0.2) is 20.2 Å². The maximum absolute atomic E-state index is 5.95. The van der Waals surface area contributed by atoms with Crippen LogP contribution >= 0.6 is 0 Å². The van der Waals surface area contributed by atoms with Gasteiger partial charge in [-0.15, -0.1) is 0 Å². The maximum atomic E-state index is 5.95. The Balaban J connectivity index is 2.97. The van der Waals surface area contributed by atoms with Gasteiger partial charge in [0.2, 0.25) is 0 Å². The molecular weight excluding hydrogens is 198 g/mol. The summed E-state index contributed by atoms with van der Waals surface area (Å²) in [5, 5.41) is 0. The van der Waals surface area contributed by atoms with Crippen molar-refractivity contribution in [1.82, 2.24) is 0 Å². The van der Waals surface area contributed by atoms with Gasteiger partial charge in [0.05, 0.1) is 6.10 Å². The van der Waals surface area contributed by atoms with E-state index >= 15 is 0 Å².